The third-order valence-corrected chi connectivity index (χ3v) is 2.77. The van der Waals surface area contributed by atoms with Gasteiger partial charge in [-0.15, -0.1) is 6.07 Å². The second-order valence-corrected chi connectivity index (χ2v) is 4.51. The van der Waals surface area contributed by atoms with Crippen molar-refractivity contribution in [3.63, 3.8) is 0 Å². The van der Waals surface area contributed by atoms with Crippen LogP contribution in [0, 0.1) is 13.8 Å². The van der Waals surface area contributed by atoms with Gasteiger partial charge in [0.1, 0.15) is 0 Å². The Bertz CT molecular complexity index is 522. The van der Waals surface area contributed by atoms with E-state index in [4.69, 9.17) is 0 Å². The molecule has 19 heavy (non-hydrogen) atoms. The summed E-state index contributed by atoms with van der Waals surface area (Å²) in [6, 6.07) is 25.1. The average molecular weight is 290 g/mol. The first-order chi connectivity index (χ1) is 8.75. The molecule has 0 aromatic heterocycles. The van der Waals surface area contributed by atoms with Crippen LogP contribution in [-0.2, 0) is 17.1 Å². The molecular formula is C18H18Fe. The second kappa shape index (κ2) is 7.78. The molecule has 1 heteroatoms. The van der Waals surface area contributed by atoms with Crippen LogP contribution in [0.15, 0.2) is 72.8 Å². The Morgan fingerprint density at radius 3 is 1.84 bits per heavy atom. The molecule has 0 spiro atoms. The summed E-state index contributed by atoms with van der Waals surface area (Å²) in [5.41, 5.74) is 5.29. The van der Waals surface area contributed by atoms with Crippen molar-refractivity contribution in [3.05, 3.63) is 83.9 Å². The van der Waals surface area contributed by atoms with E-state index in [1.165, 1.54) is 22.3 Å². The fraction of sp³-hybridized carbons (Fsp3) is 0.111. The van der Waals surface area contributed by atoms with Crippen molar-refractivity contribution in [2.45, 2.75) is 13.8 Å². The molecule has 0 N–H and O–H groups in total. The maximum absolute atomic E-state index is 2.22. The van der Waals surface area contributed by atoms with Crippen LogP contribution in [0.1, 0.15) is 11.1 Å². The van der Waals surface area contributed by atoms with Crippen molar-refractivity contribution in [1.82, 2.24) is 0 Å². The average Bonchev–Trinajstić information content (AvgIpc) is 3.05. The summed E-state index contributed by atoms with van der Waals surface area (Å²) < 4.78 is 0. The number of benzene rings is 1. The third kappa shape index (κ3) is 4.90. The van der Waals surface area contributed by atoms with Gasteiger partial charge in [-0.05, 0) is 13.8 Å². The molecule has 0 fully saturated rings. The minimum absolute atomic E-state index is 0. The summed E-state index contributed by atoms with van der Waals surface area (Å²) in [5.74, 6) is 0. The van der Waals surface area contributed by atoms with Gasteiger partial charge >= 0.3 is 17.1 Å². The first kappa shape index (κ1) is 15.5. The summed E-state index contributed by atoms with van der Waals surface area (Å²) >= 11 is 0. The van der Waals surface area contributed by atoms with Gasteiger partial charge in [0.15, 0.2) is 0 Å². The van der Waals surface area contributed by atoms with E-state index in [9.17, 15) is 0 Å². The molecule has 0 saturated carbocycles. The minimum atomic E-state index is 0. The third-order valence-electron chi connectivity index (χ3n) is 2.77. The molecular weight excluding hydrogens is 272 g/mol. The van der Waals surface area contributed by atoms with Crippen molar-refractivity contribution in [2.75, 3.05) is 0 Å². The number of rotatable bonds is 1. The molecule has 0 aliphatic carbocycles. The minimum Gasteiger partial charge on any atom is -0.214 e. The monoisotopic (exact) mass is 290 g/mol. The largest absolute Gasteiger partial charge is 2.00 e. The standard InChI is InChI=1S/C13H13.C5H5.Fe/c1-10-7-11(2)9-13(8-10)12-5-3-4-6-12;1-2-4-5-3-1;/h3-9H,1-2H3;1-5H;/q2*-1;+2. The van der Waals surface area contributed by atoms with E-state index >= 15 is 0 Å². The van der Waals surface area contributed by atoms with Gasteiger partial charge in [-0.2, -0.15) is 42.0 Å². The van der Waals surface area contributed by atoms with Gasteiger partial charge in [0, 0.05) is 0 Å². The normalized spacial score (nSPS) is 9.16. The molecule has 0 bridgehead atoms. The summed E-state index contributed by atoms with van der Waals surface area (Å²) in [5, 5.41) is 0. The Morgan fingerprint density at radius 1 is 0.789 bits per heavy atom. The first-order valence-corrected chi connectivity index (χ1v) is 6.23. The molecule has 3 rings (SSSR count). The predicted molar refractivity (Wildman–Crippen MR) is 79.0 cm³/mol. The molecule has 3 aromatic carbocycles. The number of aryl methyl sites for hydroxylation is 2. The molecule has 0 aliphatic rings. The van der Waals surface area contributed by atoms with Crippen LogP contribution in [0.25, 0.3) is 11.1 Å². The maximum atomic E-state index is 2.22. The van der Waals surface area contributed by atoms with Gasteiger partial charge < -0.3 is 0 Å². The van der Waals surface area contributed by atoms with Crippen molar-refractivity contribution in [1.29, 1.82) is 0 Å². The zero-order valence-corrected chi connectivity index (χ0v) is 12.4. The Hall–Kier alpha value is -1.56. The van der Waals surface area contributed by atoms with Crippen LogP contribution < -0.4 is 0 Å². The molecule has 0 radical (unpaired) electrons. The van der Waals surface area contributed by atoms with Gasteiger partial charge in [0.2, 0.25) is 0 Å². The molecule has 0 nitrogen and oxygen atoms in total. The van der Waals surface area contributed by atoms with Crippen molar-refractivity contribution >= 4 is 0 Å². The Kier molecular flexibility index (Phi) is 6.35. The van der Waals surface area contributed by atoms with Gasteiger partial charge in [-0.1, -0.05) is 34.9 Å². The van der Waals surface area contributed by atoms with E-state index in [0.717, 1.165) is 0 Å². The molecule has 0 aliphatic heterocycles. The van der Waals surface area contributed by atoms with Crippen molar-refractivity contribution in [3.8, 4) is 11.1 Å². The second-order valence-electron chi connectivity index (χ2n) is 4.51. The number of hydrogen-bond acceptors (Lipinski definition) is 0. The Labute approximate surface area is 126 Å². The molecule has 0 unspecified atom stereocenters. The van der Waals surface area contributed by atoms with E-state index in [1.807, 2.05) is 30.3 Å². The van der Waals surface area contributed by atoms with E-state index in [-0.39, 0.29) is 17.1 Å². The van der Waals surface area contributed by atoms with Gasteiger partial charge in [0.25, 0.3) is 0 Å². The fourth-order valence-electron chi connectivity index (χ4n) is 2.03. The van der Waals surface area contributed by atoms with Crippen molar-refractivity contribution in [2.24, 2.45) is 0 Å². The van der Waals surface area contributed by atoms with E-state index in [0.29, 0.717) is 0 Å². The molecule has 0 amide bonds. The van der Waals surface area contributed by atoms with Gasteiger partial charge in [-0.25, -0.2) is 12.1 Å². The van der Waals surface area contributed by atoms with Crippen LogP contribution in [-0.4, -0.2) is 0 Å². The van der Waals surface area contributed by atoms with Crippen LogP contribution in [0.5, 0.6) is 0 Å². The molecule has 0 heterocycles. The van der Waals surface area contributed by atoms with E-state index in [1.54, 1.807) is 0 Å². The number of hydrogen-bond donors (Lipinski definition) is 0. The fourth-order valence-corrected chi connectivity index (χ4v) is 2.03. The SMILES string of the molecule is Cc1cc(C)cc(-c2ccc[cH-]2)c1.[Fe+2].c1cc[cH-]c1. The molecule has 98 valence electrons. The summed E-state index contributed by atoms with van der Waals surface area (Å²) in [4.78, 5) is 0. The Morgan fingerprint density at radius 2 is 1.42 bits per heavy atom. The summed E-state index contributed by atoms with van der Waals surface area (Å²) in [6.07, 6.45) is 0. The smallest absolute Gasteiger partial charge is 0.214 e. The van der Waals surface area contributed by atoms with Crippen LogP contribution >= 0.6 is 0 Å². The first-order valence-electron chi connectivity index (χ1n) is 6.23. The van der Waals surface area contributed by atoms with Crippen LogP contribution in [0.2, 0.25) is 0 Å². The summed E-state index contributed by atoms with van der Waals surface area (Å²) in [6.45, 7) is 4.28. The van der Waals surface area contributed by atoms with E-state index < -0.39 is 0 Å². The molecule has 0 saturated heterocycles. The van der Waals surface area contributed by atoms with Gasteiger partial charge in [-0.3, -0.25) is 0 Å². The Balaban J connectivity index is 0.000000256. The molecule has 0 atom stereocenters. The summed E-state index contributed by atoms with van der Waals surface area (Å²) in [7, 11) is 0. The van der Waals surface area contributed by atoms with Crippen LogP contribution in [0.4, 0.5) is 0 Å². The predicted octanol–water partition coefficient (Wildman–Crippen LogP) is 5.09. The zero-order valence-electron chi connectivity index (χ0n) is 11.3. The van der Waals surface area contributed by atoms with Crippen LogP contribution in [0.3, 0.4) is 0 Å². The van der Waals surface area contributed by atoms with Crippen molar-refractivity contribution < 1.29 is 17.1 Å². The quantitative estimate of drug-likeness (QED) is 0.432. The van der Waals surface area contributed by atoms with E-state index in [2.05, 4.69) is 56.3 Å². The molecule has 3 aromatic rings. The maximum Gasteiger partial charge on any atom is 2.00 e. The topological polar surface area (TPSA) is 0 Å². The van der Waals surface area contributed by atoms with Gasteiger partial charge in [0.05, 0.1) is 0 Å². The zero-order chi connectivity index (χ0) is 12.8.